The molecule has 43 heavy (non-hydrogen) atoms. The van der Waals surface area contributed by atoms with Crippen LogP contribution in [0, 0.1) is 0 Å². The molecule has 2 fully saturated rings. The summed E-state index contributed by atoms with van der Waals surface area (Å²) in [6, 6.07) is -2.07. The first-order valence-corrected chi connectivity index (χ1v) is 12.4. The van der Waals surface area contributed by atoms with Gasteiger partial charge in [-0.15, -0.1) is 0 Å². The van der Waals surface area contributed by atoms with Gasteiger partial charge in [-0.3, -0.25) is 34.1 Å². The molecule has 1 amide bonds. The molecule has 2 rings (SSSR count). The number of rotatable bonds is 10. The van der Waals surface area contributed by atoms with Crippen molar-refractivity contribution in [1.29, 1.82) is 0 Å². The minimum absolute atomic E-state index is 0.449. The second-order valence-electron chi connectivity index (χ2n) is 9.37. The first kappa shape index (κ1) is 35.5. The van der Waals surface area contributed by atoms with Gasteiger partial charge in [0, 0.05) is 34.1 Å². The van der Waals surface area contributed by atoms with E-state index in [0.717, 1.165) is 33.0 Å². The Morgan fingerprint density at radius 3 is 1.81 bits per heavy atom. The Morgan fingerprint density at radius 1 is 0.837 bits per heavy atom. The van der Waals surface area contributed by atoms with Crippen molar-refractivity contribution in [2.24, 2.45) is 0 Å². The Balaban J connectivity index is 2.20. The fourth-order valence-electron chi connectivity index (χ4n) is 4.23. The number of halogens is 6. The molecule has 0 radical (unpaired) electrons. The van der Waals surface area contributed by atoms with Crippen molar-refractivity contribution in [3.63, 3.8) is 0 Å². The van der Waals surface area contributed by atoms with E-state index in [-0.39, 0.29) is 0 Å². The number of cyclic esters (lactones) is 1. The van der Waals surface area contributed by atoms with Gasteiger partial charge < -0.3 is 33.7 Å². The lowest BCUT2D eigenvalue weighted by atomic mass is 9.97. The summed E-state index contributed by atoms with van der Waals surface area (Å²) in [5.41, 5.74) is -4.92. The second kappa shape index (κ2) is 13.7. The van der Waals surface area contributed by atoms with Gasteiger partial charge in [-0.25, -0.2) is 0 Å². The van der Waals surface area contributed by atoms with Gasteiger partial charge in [-0.1, -0.05) is 0 Å². The molecule has 2 aliphatic rings. The van der Waals surface area contributed by atoms with Crippen molar-refractivity contribution >= 4 is 35.8 Å². The number of nitrogens with one attached hydrogen (secondary N) is 2. The molecule has 0 bridgehead atoms. The van der Waals surface area contributed by atoms with Crippen LogP contribution in [0.1, 0.15) is 47.0 Å². The number of hydrogen-bond donors (Lipinski definition) is 2. The second-order valence-corrected chi connectivity index (χ2v) is 9.37. The molecule has 0 aliphatic carbocycles. The van der Waals surface area contributed by atoms with E-state index >= 15 is 0 Å². The van der Waals surface area contributed by atoms with Crippen LogP contribution in [0.25, 0.3) is 0 Å². The highest BCUT2D eigenvalue weighted by Crippen LogP contribution is 2.47. The maximum absolute atomic E-state index is 13.2. The van der Waals surface area contributed by atoms with Crippen LogP contribution in [0.2, 0.25) is 0 Å². The van der Waals surface area contributed by atoms with Crippen LogP contribution in [-0.2, 0) is 57.2 Å². The monoisotopic (exact) mass is 638 g/mol. The standard InChI is InChI=1S/C23H28F6N2O12/c1-9(32)38-8-14-16(39-10(2)33)17(40-11(3)34)18(41-12(4)35)19(42-14)30-15(36)7-5-6-13-20(37)43-21(31-13,22(24,25)26)23(27,28)29/h13-14,16-19,31H,5-8H2,1-4H3,(H,30,36)/t13-,14+,16+,17-,18+,19+/m0/s1. The third-order valence-electron chi connectivity index (χ3n) is 5.90. The molecular weight excluding hydrogens is 610 g/mol. The molecule has 244 valence electrons. The summed E-state index contributed by atoms with van der Waals surface area (Å²) in [6.07, 6.45) is -21.7. The van der Waals surface area contributed by atoms with Crippen molar-refractivity contribution in [1.82, 2.24) is 10.6 Å². The lowest BCUT2D eigenvalue weighted by Crippen LogP contribution is -2.66. The molecule has 20 heteroatoms. The predicted molar refractivity (Wildman–Crippen MR) is 122 cm³/mol. The van der Waals surface area contributed by atoms with Gasteiger partial charge in [0.1, 0.15) is 18.8 Å². The van der Waals surface area contributed by atoms with E-state index in [1.807, 2.05) is 0 Å². The summed E-state index contributed by atoms with van der Waals surface area (Å²) < 4.78 is 109. The average molecular weight is 638 g/mol. The number of carbonyl (C=O) groups excluding carboxylic acids is 6. The fraction of sp³-hybridized carbons (Fsp3) is 0.739. The summed E-state index contributed by atoms with van der Waals surface area (Å²) in [6.45, 7) is 3.35. The minimum atomic E-state index is -6.04. The first-order chi connectivity index (χ1) is 19.7. The van der Waals surface area contributed by atoms with Gasteiger partial charge in [-0.05, 0) is 12.8 Å². The van der Waals surface area contributed by atoms with Crippen LogP contribution in [0.3, 0.4) is 0 Å². The summed E-state index contributed by atoms with van der Waals surface area (Å²) in [5.74, 6) is -6.41. The molecule has 0 aromatic carbocycles. The van der Waals surface area contributed by atoms with E-state index in [2.05, 4.69) is 10.1 Å². The van der Waals surface area contributed by atoms with Crippen LogP contribution in [0.15, 0.2) is 0 Å². The number of ether oxygens (including phenoxy) is 6. The van der Waals surface area contributed by atoms with Crippen molar-refractivity contribution in [3.8, 4) is 0 Å². The number of amides is 1. The first-order valence-electron chi connectivity index (χ1n) is 12.4. The van der Waals surface area contributed by atoms with E-state index in [4.69, 9.17) is 23.7 Å². The molecule has 2 aliphatic heterocycles. The quantitative estimate of drug-likeness (QED) is 0.194. The largest absolute Gasteiger partial charge is 0.463 e. The van der Waals surface area contributed by atoms with Crippen LogP contribution in [0.5, 0.6) is 0 Å². The zero-order valence-corrected chi connectivity index (χ0v) is 23.0. The van der Waals surface area contributed by atoms with Gasteiger partial charge in [-0.2, -0.15) is 26.3 Å². The van der Waals surface area contributed by atoms with Crippen LogP contribution in [-0.4, -0.2) is 97.1 Å². The Hall–Kier alpha value is -3.68. The lowest BCUT2D eigenvalue weighted by molar-refractivity contribution is -0.369. The average Bonchev–Trinajstić information content (AvgIpc) is 3.18. The highest BCUT2D eigenvalue weighted by molar-refractivity contribution is 5.79. The van der Waals surface area contributed by atoms with Crippen molar-refractivity contribution in [2.45, 2.75) is 102 Å². The van der Waals surface area contributed by atoms with E-state index in [1.165, 1.54) is 0 Å². The van der Waals surface area contributed by atoms with Gasteiger partial charge in [0.05, 0.1) is 0 Å². The van der Waals surface area contributed by atoms with Gasteiger partial charge in [0.15, 0.2) is 24.5 Å². The predicted octanol–water partition coefficient (Wildman–Crippen LogP) is 0.692. The molecule has 2 heterocycles. The fourth-order valence-corrected chi connectivity index (χ4v) is 4.23. The highest BCUT2D eigenvalue weighted by Gasteiger charge is 2.78. The molecule has 0 saturated carbocycles. The molecule has 0 aromatic heterocycles. The van der Waals surface area contributed by atoms with Gasteiger partial charge in [0.25, 0.3) is 0 Å². The molecule has 6 atom stereocenters. The Morgan fingerprint density at radius 2 is 1.35 bits per heavy atom. The van der Waals surface area contributed by atoms with E-state index < -0.39 is 116 Å². The van der Waals surface area contributed by atoms with Crippen LogP contribution in [0.4, 0.5) is 26.3 Å². The Labute approximate surface area is 238 Å². The van der Waals surface area contributed by atoms with Crippen molar-refractivity contribution in [3.05, 3.63) is 0 Å². The van der Waals surface area contributed by atoms with Crippen LogP contribution < -0.4 is 10.6 Å². The summed E-state index contributed by atoms with van der Waals surface area (Å²) in [5, 5.41) is 3.39. The molecule has 2 N–H and O–H groups in total. The van der Waals surface area contributed by atoms with E-state index in [9.17, 15) is 55.1 Å². The highest BCUT2D eigenvalue weighted by atomic mass is 19.4. The van der Waals surface area contributed by atoms with Crippen LogP contribution >= 0.6 is 0 Å². The number of esters is 5. The third kappa shape index (κ3) is 8.91. The minimum Gasteiger partial charge on any atom is -0.463 e. The van der Waals surface area contributed by atoms with E-state index in [0.29, 0.717) is 0 Å². The Kier molecular flexibility index (Phi) is 11.4. The number of carbonyl (C=O) groups is 6. The normalized spacial score (nSPS) is 27.0. The van der Waals surface area contributed by atoms with Gasteiger partial charge in [0.2, 0.25) is 5.91 Å². The number of hydrogen-bond acceptors (Lipinski definition) is 13. The third-order valence-corrected chi connectivity index (χ3v) is 5.90. The van der Waals surface area contributed by atoms with E-state index in [1.54, 1.807) is 0 Å². The zero-order chi connectivity index (χ0) is 32.9. The van der Waals surface area contributed by atoms with Crippen molar-refractivity contribution < 1.29 is 83.5 Å². The molecule has 2 saturated heterocycles. The summed E-state index contributed by atoms with van der Waals surface area (Å²) >= 11 is 0. The molecule has 0 aromatic rings. The molecule has 0 unspecified atom stereocenters. The lowest BCUT2D eigenvalue weighted by Gasteiger charge is -2.44. The molecule has 0 spiro atoms. The van der Waals surface area contributed by atoms with Crippen molar-refractivity contribution in [2.75, 3.05) is 6.61 Å². The summed E-state index contributed by atoms with van der Waals surface area (Å²) in [4.78, 5) is 71.3. The molecule has 14 nitrogen and oxygen atoms in total. The summed E-state index contributed by atoms with van der Waals surface area (Å²) in [7, 11) is 0. The Bertz CT molecular complexity index is 1080. The maximum atomic E-state index is 13.2. The molecular formula is C23H28F6N2O12. The SMILES string of the molecule is CC(=O)OC[C@H]1O[C@@H](NC(=O)CCC[C@@H]2NC(C(F)(F)F)(C(F)(F)F)OC2=O)[C@H](OC(C)=O)[C@@H](OC(C)=O)[C@@H]1OC(C)=O. The number of alkyl halides is 6. The smallest absolute Gasteiger partial charge is 0.452 e. The van der Waals surface area contributed by atoms with Gasteiger partial charge >= 0.3 is 47.9 Å². The topological polar surface area (TPSA) is 182 Å². The zero-order valence-electron chi connectivity index (χ0n) is 23.0. The maximum Gasteiger partial charge on any atom is 0.452 e.